The smallest absolute Gasteiger partial charge is 0.248 e. The fraction of sp³-hybridized carbons (Fsp3) is 0.0625. The Morgan fingerprint density at radius 2 is 1.74 bits per heavy atom. The molecule has 2 aromatic rings. The summed E-state index contributed by atoms with van der Waals surface area (Å²) in [6, 6.07) is 8.37. The molecule has 0 aromatic heterocycles. The van der Waals surface area contributed by atoms with E-state index in [1.165, 1.54) is 18.2 Å². The summed E-state index contributed by atoms with van der Waals surface area (Å²) >= 11 is 17.8. The van der Waals surface area contributed by atoms with E-state index in [-0.39, 0.29) is 12.7 Å². The molecule has 0 atom stereocenters. The standard InChI is InChI=1S/C16H10Cl3NO3/c17-10-6-12(19)13(7-11(10)18)20-16(21)4-2-9-1-3-14-15(5-9)23-8-22-14/h1-7H,8H2,(H,20,21). The lowest BCUT2D eigenvalue weighted by Gasteiger charge is -2.06. The molecular formula is C16H10Cl3NO3. The number of fused-ring (bicyclic) bond motifs is 1. The maximum Gasteiger partial charge on any atom is 0.248 e. The van der Waals surface area contributed by atoms with Gasteiger partial charge in [0.25, 0.3) is 0 Å². The van der Waals surface area contributed by atoms with E-state index >= 15 is 0 Å². The van der Waals surface area contributed by atoms with Crippen molar-refractivity contribution in [3.63, 3.8) is 0 Å². The maximum atomic E-state index is 12.0. The van der Waals surface area contributed by atoms with Crippen LogP contribution in [-0.2, 0) is 4.79 Å². The Morgan fingerprint density at radius 3 is 2.57 bits per heavy atom. The number of nitrogens with one attached hydrogen (secondary N) is 1. The minimum absolute atomic E-state index is 0.207. The molecule has 1 N–H and O–H groups in total. The van der Waals surface area contributed by atoms with Crippen LogP contribution in [0.4, 0.5) is 5.69 Å². The zero-order valence-electron chi connectivity index (χ0n) is 11.6. The van der Waals surface area contributed by atoms with Crippen LogP contribution in [0, 0.1) is 0 Å². The van der Waals surface area contributed by atoms with Crippen LogP contribution in [0.25, 0.3) is 6.08 Å². The number of rotatable bonds is 3. The third-order valence-corrected chi connectivity index (χ3v) is 4.13. The van der Waals surface area contributed by atoms with Gasteiger partial charge in [-0.3, -0.25) is 4.79 Å². The summed E-state index contributed by atoms with van der Waals surface area (Å²) in [5, 5.41) is 3.59. The summed E-state index contributed by atoms with van der Waals surface area (Å²) in [5.74, 6) is 0.997. The van der Waals surface area contributed by atoms with Crippen molar-refractivity contribution in [2.45, 2.75) is 0 Å². The van der Waals surface area contributed by atoms with Crippen LogP contribution in [0.2, 0.25) is 15.1 Å². The normalized spacial score (nSPS) is 12.7. The van der Waals surface area contributed by atoms with Crippen LogP contribution in [0.3, 0.4) is 0 Å². The summed E-state index contributed by atoms with van der Waals surface area (Å²) < 4.78 is 10.5. The average Bonchev–Trinajstić information content (AvgIpc) is 2.98. The topological polar surface area (TPSA) is 47.6 Å². The lowest BCUT2D eigenvalue weighted by molar-refractivity contribution is -0.111. The SMILES string of the molecule is O=C(C=Cc1ccc2c(c1)OCO2)Nc1cc(Cl)c(Cl)cc1Cl. The second-order valence-electron chi connectivity index (χ2n) is 4.68. The number of halogens is 3. The van der Waals surface area contributed by atoms with Crippen LogP contribution in [-0.4, -0.2) is 12.7 Å². The van der Waals surface area contributed by atoms with Crippen LogP contribution in [0.1, 0.15) is 5.56 Å². The van der Waals surface area contributed by atoms with Crippen LogP contribution < -0.4 is 14.8 Å². The summed E-state index contributed by atoms with van der Waals surface area (Å²) in [4.78, 5) is 12.0. The second kappa shape index (κ2) is 6.71. The second-order valence-corrected chi connectivity index (χ2v) is 5.90. The monoisotopic (exact) mass is 369 g/mol. The number of anilines is 1. The molecule has 1 aliphatic heterocycles. The predicted octanol–water partition coefficient (Wildman–Crippen LogP) is 5.03. The Balaban J connectivity index is 1.71. The number of hydrogen-bond acceptors (Lipinski definition) is 3. The molecule has 1 heterocycles. The van der Waals surface area contributed by atoms with Gasteiger partial charge in [0.05, 0.1) is 20.8 Å². The Bertz CT molecular complexity index is 805. The van der Waals surface area contributed by atoms with E-state index in [1.807, 2.05) is 6.07 Å². The molecule has 1 amide bonds. The van der Waals surface area contributed by atoms with Crippen molar-refractivity contribution >= 4 is 52.5 Å². The van der Waals surface area contributed by atoms with Gasteiger partial charge in [-0.15, -0.1) is 0 Å². The third kappa shape index (κ3) is 3.72. The Hall–Kier alpha value is -1.88. The van der Waals surface area contributed by atoms with E-state index in [4.69, 9.17) is 44.3 Å². The minimum atomic E-state index is -0.344. The number of carbonyl (C=O) groups is 1. The van der Waals surface area contributed by atoms with Crippen molar-refractivity contribution in [2.24, 2.45) is 0 Å². The number of carbonyl (C=O) groups excluding carboxylic acids is 1. The molecule has 7 heteroatoms. The van der Waals surface area contributed by atoms with Gasteiger partial charge in [-0.1, -0.05) is 40.9 Å². The van der Waals surface area contributed by atoms with Gasteiger partial charge in [-0.25, -0.2) is 0 Å². The van der Waals surface area contributed by atoms with Gasteiger partial charge in [0.1, 0.15) is 0 Å². The lowest BCUT2D eigenvalue weighted by Crippen LogP contribution is -2.08. The molecule has 1 aliphatic rings. The zero-order valence-corrected chi connectivity index (χ0v) is 13.9. The number of amides is 1. The van der Waals surface area contributed by atoms with Crippen molar-refractivity contribution in [1.82, 2.24) is 0 Å². The van der Waals surface area contributed by atoms with Gasteiger partial charge in [0.2, 0.25) is 12.7 Å². The molecule has 0 aliphatic carbocycles. The minimum Gasteiger partial charge on any atom is -0.454 e. The van der Waals surface area contributed by atoms with Crippen molar-refractivity contribution in [3.05, 3.63) is 57.0 Å². The highest BCUT2D eigenvalue weighted by molar-refractivity contribution is 6.44. The van der Waals surface area contributed by atoms with Crippen LogP contribution in [0.5, 0.6) is 11.5 Å². The first-order chi connectivity index (χ1) is 11.0. The average molecular weight is 371 g/mol. The molecule has 0 fully saturated rings. The number of hydrogen-bond donors (Lipinski definition) is 1. The lowest BCUT2D eigenvalue weighted by atomic mass is 10.2. The number of ether oxygens (including phenoxy) is 2. The van der Waals surface area contributed by atoms with Crippen molar-refractivity contribution in [1.29, 1.82) is 0 Å². The molecular weight excluding hydrogens is 361 g/mol. The van der Waals surface area contributed by atoms with Crippen molar-refractivity contribution in [3.8, 4) is 11.5 Å². The molecule has 3 rings (SSSR count). The first kappa shape index (κ1) is 16.0. The quantitative estimate of drug-likeness (QED) is 0.609. The predicted molar refractivity (Wildman–Crippen MR) is 91.7 cm³/mol. The molecule has 4 nitrogen and oxygen atoms in total. The van der Waals surface area contributed by atoms with Crippen molar-refractivity contribution in [2.75, 3.05) is 12.1 Å². The Labute approximate surface area is 147 Å². The van der Waals surface area contributed by atoms with Crippen LogP contribution in [0.15, 0.2) is 36.4 Å². The van der Waals surface area contributed by atoms with E-state index in [2.05, 4.69) is 5.32 Å². The summed E-state index contributed by atoms with van der Waals surface area (Å²) in [5.41, 5.74) is 1.20. The third-order valence-electron chi connectivity index (χ3n) is 3.09. The van der Waals surface area contributed by atoms with Gasteiger partial charge in [0.15, 0.2) is 11.5 Å². The summed E-state index contributed by atoms with van der Waals surface area (Å²) in [6.45, 7) is 0.207. The summed E-state index contributed by atoms with van der Waals surface area (Å²) in [7, 11) is 0. The van der Waals surface area contributed by atoms with Crippen molar-refractivity contribution < 1.29 is 14.3 Å². The van der Waals surface area contributed by atoms with Gasteiger partial charge in [0, 0.05) is 6.08 Å². The molecule has 118 valence electrons. The highest BCUT2D eigenvalue weighted by atomic mass is 35.5. The van der Waals surface area contributed by atoms with Gasteiger partial charge >= 0.3 is 0 Å². The maximum absolute atomic E-state index is 12.0. The number of benzene rings is 2. The van der Waals surface area contributed by atoms with Gasteiger partial charge < -0.3 is 14.8 Å². The molecule has 0 spiro atoms. The molecule has 23 heavy (non-hydrogen) atoms. The first-order valence-corrected chi connectivity index (χ1v) is 7.69. The largest absolute Gasteiger partial charge is 0.454 e. The Kier molecular flexibility index (Phi) is 4.66. The van der Waals surface area contributed by atoms with Gasteiger partial charge in [-0.05, 0) is 35.9 Å². The van der Waals surface area contributed by atoms with E-state index in [1.54, 1.807) is 18.2 Å². The highest BCUT2D eigenvalue weighted by Crippen LogP contribution is 2.33. The highest BCUT2D eigenvalue weighted by Gasteiger charge is 2.12. The summed E-state index contributed by atoms with van der Waals surface area (Å²) in [6.07, 6.45) is 3.04. The fourth-order valence-corrected chi connectivity index (χ4v) is 2.58. The first-order valence-electron chi connectivity index (χ1n) is 6.56. The molecule has 0 saturated carbocycles. The fourth-order valence-electron chi connectivity index (χ4n) is 1.98. The molecule has 2 aromatic carbocycles. The molecule has 0 radical (unpaired) electrons. The molecule has 0 unspecified atom stereocenters. The molecule has 0 saturated heterocycles. The zero-order chi connectivity index (χ0) is 16.4. The Morgan fingerprint density at radius 1 is 1.00 bits per heavy atom. The van der Waals surface area contributed by atoms with E-state index < -0.39 is 0 Å². The van der Waals surface area contributed by atoms with E-state index in [0.717, 1.165) is 5.56 Å². The van der Waals surface area contributed by atoms with Crippen LogP contribution >= 0.6 is 34.8 Å². The van der Waals surface area contributed by atoms with E-state index in [9.17, 15) is 4.79 Å². The molecule has 0 bridgehead atoms. The van der Waals surface area contributed by atoms with E-state index in [0.29, 0.717) is 32.3 Å². The van der Waals surface area contributed by atoms with Gasteiger partial charge in [-0.2, -0.15) is 0 Å².